The van der Waals surface area contributed by atoms with E-state index in [0.29, 0.717) is 35.4 Å². The molecule has 3 heterocycles. The summed E-state index contributed by atoms with van der Waals surface area (Å²) < 4.78 is 5.26. The zero-order valence-electron chi connectivity index (χ0n) is 12.2. The number of carbonyl (C=O) groups excluding carboxylic acids is 1. The van der Waals surface area contributed by atoms with Crippen LogP contribution in [0.2, 0.25) is 5.15 Å². The summed E-state index contributed by atoms with van der Waals surface area (Å²) in [5.74, 6) is 0.832. The Bertz CT molecular complexity index is 830. The molecule has 0 unspecified atom stereocenters. The number of pyridine rings is 1. The van der Waals surface area contributed by atoms with Crippen LogP contribution in [0.4, 0.5) is 0 Å². The molecule has 6 nitrogen and oxygen atoms in total. The fourth-order valence-corrected chi connectivity index (χ4v) is 2.96. The minimum absolute atomic E-state index is 0.0213. The van der Waals surface area contributed by atoms with Gasteiger partial charge >= 0.3 is 0 Å². The third-order valence-electron chi connectivity index (χ3n) is 3.08. The fraction of sp³-hybridized carbons (Fsp3) is 0.200. The molecular weight excluding hydrogens is 336 g/mol. The first kappa shape index (κ1) is 15.6. The SMILES string of the molecule is CCC(=O)NCc1ccc(-c2noc(-c3cccnc3Cl)n2)s1. The third-order valence-corrected chi connectivity index (χ3v) is 4.46. The van der Waals surface area contributed by atoms with Gasteiger partial charge in [-0.1, -0.05) is 23.7 Å². The Morgan fingerprint density at radius 1 is 1.39 bits per heavy atom. The smallest absolute Gasteiger partial charge is 0.261 e. The molecule has 0 atom stereocenters. The van der Waals surface area contributed by atoms with Crippen molar-refractivity contribution in [3.63, 3.8) is 0 Å². The van der Waals surface area contributed by atoms with Crippen molar-refractivity contribution in [1.82, 2.24) is 20.4 Å². The highest BCUT2D eigenvalue weighted by Gasteiger charge is 2.15. The first-order valence-electron chi connectivity index (χ1n) is 6.97. The number of amides is 1. The van der Waals surface area contributed by atoms with E-state index in [9.17, 15) is 4.79 Å². The maximum atomic E-state index is 11.3. The molecule has 118 valence electrons. The molecule has 1 N–H and O–H groups in total. The van der Waals surface area contributed by atoms with Gasteiger partial charge in [0.2, 0.25) is 11.7 Å². The van der Waals surface area contributed by atoms with Crippen LogP contribution in [0.3, 0.4) is 0 Å². The van der Waals surface area contributed by atoms with E-state index in [2.05, 4.69) is 20.4 Å². The first-order valence-corrected chi connectivity index (χ1v) is 8.17. The van der Waals surface area contributed by atoms with E-state index in [-0.39, 0.29) is 5.91 Å². The van der Waals surface area contributed by atoms with Crippen molar-refractivity contribution in [3.8, 4) is 22.2 Å². The van der Waals surface area contributed by atoms with Crippen molar-refractivity contribution in [2.75, 3.05) is 0 Å². The van der Waals surface area contributed by atoms with Crippen LogP contribution < -0.4 is 5.32 Å². The van der Waals surface area contributed by atoms with Crippen LogP contribution in [0.1, 0.15) is 18.2 Å². The van der Waals surface area contributed by atoms with E-state index >= 15 is 0 Å². The molecule has 0 bridgehead atoms. The highest BCUT2D eigenvalue weighted by Crippen LogP contribution is 2.29. The van der Waals surface area contributed by atoms with Gasteiger partial charge in [0.1, 0.15) is 5.15 Å². The summed E-state index contributed by atoms with van der Waals surface area (Å²) in [6.07, 6.45) is 2.07. The molecule has 3 aromatic heterocycles. The van der Waals surface area contributed by atoms with Gasteiger partial charge in [-0.25, -0.2) is 4.98 Å². The Morgan fingerprint density at radius 3 is 3.04 bits per heavy atom. The number of carbonyl (C=O) groups is 1. The second kappa shape index (κ2) is 6.89. The van der Waals surface area contributed by atoms with Crippen LogP contribution in [0.5, 0.6) is 0 Å². The number of hydrogen-bond donors (Lipinski definition) is 1. The number of aromatic nitrogens is 3. The lowest BCUT2D eigenvalue weighted by atomic mass is 10.3. The van der Waals surface area contributed by atoms with Gasteiger partial charge in [-0.2, -0.15) is 4.98 Å². The summed E-state index contributed by atoms with van der Waals surface area (Å²) in [5, 5.41) is 7.13. The molecule has 0 aromatic carbocycles. The topological polar surface area (TPSA) is 80.9 Å². The maximum absolute atomic E-state index is 11.3. The monoisotopic (exact) mass is 348 g/mol. The standard InChI is InChI=1S/C15H13ClN4O2S/c1-2-12(21)18-8-9-5-6-11(23-9)14-19-15(22-20-14)10-4-3-7-17-13(10)16/h3-7H,2,8H2,1H3,(H,18,21). The van der Waals surface area contributed by atoms with Gasteiger partial charge in [-0.3, -0.25) is 4.79 Å². The second-order valence-corrected chi connectivity index (χ2v) is 6.19. The molecule has 0 aliphatic heterocycles. The van der Waals surface area contributed by atoms with Gasteiger partial charge in [-0.05, 0) is 24.3 Å². The number of hydrogen-bond acceptors (Lipinski definition) is 6. The van der Waals surface area contributed by atoms with Crippen LogP contribution in [0, 0.1) is 0 Å². The van der Waals surface area contributed by atoms with Crippen LogP contribution in [-0.2, 0) is 11.3 Å². The van der Waals surface area contributed by atoms with Crippen molar-refractivity contribution in [2.24, 2.45) is 0 Å². The lowest BCUT2D eigenvalue weighted by molar-refractivity contribution is -0.120. The number of nitrogens with one attached hydrogen (secondary N) is 1. The van der Waals surface area contributed by atoms with Crippen molar-refractivity contribution < 1.29 is 9.32 Å². The van der Waals surface area contributed by atoms with E-state index < -0.39 is 0 Å². The molecule has 23 heavy (non-hydrogen) atoms. The molecular formula is C15H13ClN4O2S. The zero-order chi connectivity index (χ0) is 16.2. The molecule has 0 saturated carbocycles. The molecule has 8 heteroatoms. The minimum Gasteiger partial charge on any atom is -0.351 e. The highest BCUT2D eigenvalue weighted by molar-refractivity contribution is 7.15. The predicted molar refractivity (Wildman–Crippen MR) is 88.0 cm³/mol. The molecule has 3 aromatic rings. The second-order valence-electron chi connectivity index (χ2n) is 4.66. The number of nitrogens with zero attached hydrogens (tertiary/aromatic N) is 3. The molecule has 1 amide bonds. The van der Waals surface area contributed by atoms with Gasteiger partial charge in [0.05, 0.1) is 17.0 Å². The van der Waals surface area contributed by atoms with Crippen molar-refractivity contribution in [2.45, 2.75) is 19.9 Å². The molecule has 0 saturated heterocycles. The van der Waals surface area contributed by atoms with Gasteiger partial charge < -0.3 is 9.84 Å². The fourth-order valence-electron chi connectivity index (χ4n) is 1.88. The Labute approximate surface area is 141 Å². The summed E-state index contributed by atoms with van der Waals surface area (Å²) in [7, 11) is 0. The molecule has 0 aliphatic rings. The largest absolute Gasteiger partial charge is 0.351 e. The maximum Gasteiger partial charge on any atom is 0.261 e. The summed E-state index contributed by atoms with van der Waals surface area (Å²) in [5.41, 5.74) is 0.597. The van der Waals surface area contributed by atoms with E-state index in [1.165, 1.54) is 11.3 Å². The van der Waals surface area contributed by atoms with Crippen LogP contribution in [0.15, 0.2) is 35.0 Å². The number of halogens is 1. The summed E-state index contributed by atoms with van der Waals surface area (Å²) in [6, 6.07) is 7.36. The van der Waals surface area contributed by atoms with E-state index in [0.717, 1.165) is 9.75 Å². The Morgan fingerprint density at radius 2 is 2.26 bits per heavy atom. The van der Waals surface area contributed by atoms with Crippen LogP contribution in [-0.4, -0.2) is 21.0 Å². The van der Waals surface area contributed by atoms with E-state index in [4.69, 9.17) is 16.1 Å². The molecule has 0 aliphatic carbocycles. The first-order chi connectivity index (χ1) is 11.2. The van der Waals surface area contributed by atoms with Crippen molar-refractivity contribution in [3.05, 3.63) is 40.5 Å². The lowest BCUT2D eigenvalue weighted by Gasteiger charge is -1.99. The van der Waals surface area contributed by atoms with Gasteiger partial charge in [0.15, 0.2) is 0 Å². The Hall–Kier alpha value is -2.25. The zero-order valence-corrected chi connectivity index (χ0v) is 13.8. The highest BCUT2D eigenvalue weighted by atomic mass is 35.5. The molecule has 3 rings (SSSR count). The van der Waals surface area contributed by atoms with Crippen LogP contribution >= 0.6 is 22.9 Å². The minimum atomic E-state index is 0.0213. The summed E-state index contributed by atoms with van der Waals surface area (Å²) in [6.45, 7) is 2.32. The quantitative estimate of drug-likeness (QED) is 0.713. The van der Waals surface area contributed by atoms with Gasteiger partial charge in [0, 0.05) is 17.5 Å². The average Bonchev–Trinajstić information content (AvgIpc) is 3.22. The summed E-state index contributed by atoms with van der Waals surface area (Å²) in [4.78, 5) is 21.5. The van der Waals surface area contributed by atoms with Gasteiger partial charge in [-0.15, -0.1) is 11.3 Å². The van der Waals surface area contributed by atoms with Crippen LogP contribution in [0.25, 0.3) is 22.2 Å². The van der Waals surface area contributed by atoms with Crippen molar-refractivity contribution >= 4 is 28.8 Å². The third kappa shape index (κ3) is 3.57. The Kier molecular flexibility index (Phi) is 4.68. The lowest BCUT2D eigenvalue weighted by Crippen LogP contribution is -2.20. The Balaban J connectivity index is 1.77. The number of thiophene rings is 1. The van der Waals surface area contributed by atoms with E-state index in [1.54, 1.807) is 18.3 Å². The predicted octanol–water partition coefficient (Wildman–Crippen LogP) is 3.54. The molecule has 0 radical (unpaired) electrons. The van der Waals surface area contributed by atoms with Crippen molar-refractivity contribution in [1.29, 1.82) is 0 Å². The van der Waals surface area contributed by atoms with E-state index in [1.807, 2.05) is 19.1 Å². The molecule has 0 spiro atoms. The molecule has 0 fully saturated rings. The normalized spacial score (nSPS) is 10.7. The number of rotatable bonds is 5. The van der Waals surface area contributed by atoms with Gasteiger partial charge in [0.25, 0.3) is 5.89 Å². The average molecular weight is 349 g/mol. The summed E-state index contributed by atoms with van der Waals surface area (Å²) >= 11 is 7.53.